The van der Waals surface area contributed by atoms with E-state index in [0.29, 0.717) is 22.4 Å². The van der Waals surface area contributed by atoms with Gasteiger partial charge in [0.15, 0.2) is 5.76 Å². The van der Waals surface area contributed by atoms with Gasteiger partial charge in [-0.2, -0.15) is 0 Å². The van der Waals surface area contributed by atoms with Gasteiger partial charge >= 0.3 is 0 Å². The summed E-state index contributed by atoms with van der Waals surface area (Å²) >= 11 is 3.33. The Bertz CT molecular complexity index is 1030. The van der Waals surface area contributed by atoms with Crippen molar-refractivity contribution in [3.8, 4) is 22.4 Å². The fraction of sp³-hybridized carbons (Fsp3) is 0.0625. The zero-order valence-corrected chi connectivity index (χ0v) is 15.0. The first-order valence-electron chi connectivity index (χ1n) is 6.99. The Labute approximate surface area is 151 Å². The molecule has 0 aliphatic rings. The topological polar surface area (TPSA) is 106 Å². The lowest BCUT2D eigenvalue weighted by Gasteiger charge is -2.07. The van der Waals surface area contributed by atoms with Crippen LogP contribution in [0.25, 0.3) is 22.4 Å². The van der Waals surface area contributed by atoms with Gasteiger partial charge < -0.3 is 9.63 Å². The van der Waals surface area contributed by atoms with E-state index in [1.807, 2.05) is 0 Å². The molecule has 3 N–H and O–H groups in total. The number of nitrogens with zero attached hydrogens (tertiary/aromatic N) is 1. The molecule has 0 radical (unpaired) electrons. The smallest absolute Gasteiger partial charge is 0.240 e. The monoisotopic (exact) mass is 426 g/mol. The number of benzene rings is 2. The highest BCUT2D eigenvalue weighted by molar-refractivity contribution is 9.10. The summed E-state index contributed by atoms with van der Waals surface area (Å²) in [5, 5.41) is 18.4. The molecule has 0 amide bonds. The van der Waals surface area contributed by atoms with E-state index in [2.05, 4.69) is 21.1 Å². The Balaban J connectivity index is 2.18. The number of nitrogens with two attached hydrogens (primary N) is 1. The van der Waals surface area contributed by atoms with Crippen molar-refractivity contribution in [3.63, 3.8) is 0 Å². The van der Waals surface area contributed by atoms with Gasteiger partial charge in [-0.15, -0.1) is 0 Å². The average molecular weight is 427 g/mol. The van der Waals surface area contributed by atoms with Gasteiger partial charge in [0, 0.05) is 10.0 Å². The lowest BCUT2D eigenvalue weighted by atomic mass is 9.99. The number of aromatic nitrogens is 1. The van der Waals surface area contributed by atoms with Gasteiger partial charge in [-0.05, 0) is 29.8 Å². The van der Waals surface area contributed by atoms with Crippen molar-refractivity contribution < 1.29 is 22.4 Å². The van der Waals surface area contributed by atoms with Crippen molar-refractivity contribution in [2.45, 2.75) is 11.5 Å². The van der Waals surface area contributed by atoms with Crippen molar-refractivity contribution in [2.24, 2.45) is 5.14 Å². The fourth-order valence-corrected chi connectivity index (χ4v) is 3.27. The first-order chi connectivity index (χ1) is 11.8. The number of aliphatic hydroxyl groups excluding tert-OH is 1. The lowest BCUT2D eigenvalue weighted by Crippen LogP contribution is -2.14. The van der Waals surface area contributed by atoms with Gasteiger partial charge in [0.1, 0.15) is 23.0 Å². The molecule has 0 saturated heterocycles. The van der Waals surface area contributed by atoms with Gasteiger partial charge in [-0.25, -0.2) is 17.9 Å². The van der Waals surface area contributed by atoms with Crippen LogP contribution in [0.15, 0.2) is 56.4 Å². The van der Waals surface area contributed by atoms with Gasteiger partial charge in [0.05, 0.1) is 5.56 Å². The number of primary sulfonamides is 1. The minimum atomic E-state index is -4.17. The fourth-order valence-electron chi connectivity index (χ4n) is 2.42. The molecule has 0 bridgehead atoms. The zero-order valence-electron chi connectivity index (χ0n) is 12.6. The van der Waals surface area contributed by atoms with Crippen LogP contribution in [0.4, 0.5) is 4.39 Å². The maximum absolute atomic E-state index is 14.2. The summed E-state index contributed by atoms with van der Waals surface area (Å²) < 4.78 is 42.9. The van der Waals surface area contributed by atoms with Crippen molar-refractivity contribution in [1.82, 2.24) is 5.16 Å². The lowest BCUT2D eigenvalue weighted by molar-refractivity contribution is 0.230. The van der Waals surface area contributed by atoms with Crippen molar-refractivity contribution >= 4 is 26.0 Å². The van der Waals surface area contributed by atoms with Crippen LogP contribution >= 0.6 is 15.9 Å². The Morgan fingerprint density at radius 2 is 1.80 bits per heavy atom. The van der Waals surface area contributed by atoms with E-state index < -0.39 is 27.3 Å². The quantitative estimate of drug-likeness (QED) is 0.666. The summed E-state index contributed by atoms with van der Waals surface area (Å²) in [5.41, 5.74) is 1.79. The summed E-state index contributed by atoms with van der Waals surface area (Å²) in [6, 6.07) is 10.6. The minimum Gasteiger partial charge on any atom is -0.388 e. The van der Waals surface area contributed by atoms with Crippen LogP contribution in [0.3, 0.4) is 0 Å². The third kappa shape index (κ3) is 3.49. The molecule has 3 aromatic rings. The Morgan fingerprint density at radius 3 is 2.36 bits per heavy atom. The molecule has 0 aliphatic heterocycles. The number of rotatable bonds is 4. The molecule has 1 heterocycles. The van der Waals surface area contributed by atoms with Crippen LogP contribution in [0, 0.1) is 5.82 Å². The summed E-state index contributed by atoms with van der Waals surface area (Å²) in [5.74, 6) is -0.854. The van der Waals surface area contributed by atoms with Crippen LogP contribution in [0.1, 0.15) is 5.76 Å². The standard InChI is InChI=1S/C16H12BrFN2O4S/c17-11-4-1-9(2-5-11)16-15(13(8-21)24-20-16)10-3-6-14(12(18)7-10)25(19,22)23/h1-7,21H,8H2,(H2,19,22,23). The van der Waals surface area contributed by atoms with E-state index in [1.165, 1.54) is 6.07 Å². The normalized spacial score (nSPS) is 11.7. The summed E-state index contributed by atoms with van der Waals surface area (Å²) in [6.07, 6.45) is 0. The molecule has 9 heteroatoms. The Hall–Kier alpha value is -2.07. The maximum Gasteiger partial charge on any atom is 0.240 e. The highest BCUT2D eigenvalue weighted by Gasteiger charge is 2.22. The van der Waals surface area contributed by atoms with E-state index in [1.54, 1.807) is 24.3 Å². The molecule has 1 aromatic heterocycles. The molecule has 0 fully saturated rings. The van der Waals surface area contributed by atoms with E-state index >= 15 is 0 Å². The van der Waals surface area contributed by atoms with E-state index in [-0.39, 0.29) is 5.76 Å². The minimum absolute atomic E-state index is 0.140. The molecule has 3 rings (SSSR count). The zero-order chi connectivity index (χ0) is 18.2. The van der Waals surface area contributed by atoms with Crippen LogP contribution < -0.4 is 5.14 Å². The van der Waals surface area contributed by atoms with Crippen LogP contribution in [0.5, 0.6) is 0 Å². The van der Waals surface area contributed by atoms with Gasteiger partial charge in [0.25, 0.3) is 0 Å². The largest absolute Gasteiger partial charge is 0.388 e. The Morgan fingerprint density at radius 1 is 1.16 bits per heavy atom. The van der Waals surface area contributed by atoms with Crippen molar-refractivity contribution in [2.75, 3.05) is 0 Å². The second-order valence-corrected chi connectivity index (χ2v) is 7.63. The van der Waals surface area contributed by atoms with Gasteiger partial charge in [0.2, 0.25) is 10.0 Å². The maximum atomic E-state index is 14.2. The predicted molar refractivity (Wildman–Crippen MR) is 92.3 cm³/mol. The predicted octanol–water partition coefficient (Wildman–Crippen LogP) is 3.05. The van der Waals surface area contributed by atoms with E-state index in [9.17, 15) is 17.9 Å². The number of hydrogen-bond donors (Lipinski definition) is 2. The highest BCUT2D eigenvalue weighted by Crippen LogP contribution is 2.36. The molecule has 6 nitrogen and oxygen atoms in total. The molecule has 0 unspecified atom stereocenters. The average Bonchev–Trinajstić information content (AvgIpc) is 2.98. The third-order valence-electron chi connectivity index (χ3n) is 3.55. The van der Waals surface area contributed by atoms with E-state index in [4.69, 9.17) is 9.66 Å². The Kier molecular flexibility index (Phi) is 4.74. The summed E-state index contributed by atoms with van der Waals surface area (Å²) in [6.45, 7) is -0.447. The summed E-state index contributed by atoms with van der Waals surface area (Å²) in [4.78, 5) is -0.608. The number of sulfonamides is 1. The van der Waals surface area contributed by atoms with Crippen molar-refractivity contribution in [3.05, 3.63) is 58.5 Å². The number of hydrogen-bond acceptors (Lipinski definition) is 5. The number of aliphatic hydroxyl groups is 1. The number of halogens is 2. The van der Waals surface area contributed by atoms with E-state index in [0.717, 1.165) is 16.6 Å². The second kappa shape index (κ2) is 6.68. The first-order valence-corrected chi connectivity index (χ1v) is 9.33. The molecule has 0 aliphatic carbocycles. The SMILES string of the molecule is NS(=O)(=O)c1ccc(-c2c(-c3ccc(Br)cc3)noc2CO)cc1F. The van der Waals surface area contributed by atoms with Gasteiger partial charge in [-0.3, -0.25) is 0 Å². The first kappa shape index (κ1) is 17.7. The third-order valence-corrected chi connectivity index (χ3v) is 5.02. The highest BCUT2D eigenvalue weighted by atomic mass is 79.9. The molecule has 0 spiro atoms. The molecule has 0 atom stereocenters. The molecule has 130 valence electrons. The summed E-state index contributed by atoms with van der Waals surface area (Å²) in [7, 11) is -4.17. The van der Waals surface area contributed by atoms with Crippen LogP contribution in [-0.2, 0) is 16.6 Å². The van der Waals surface area contributed by atoms with Crippen LogP contribution in [-0.4, -0.2) is 18.7 Å². The van der Waals surface area contributed by atoms with Crippen LogP contribution in [0.2, 0.25) is 0 Å². The second-order valence-electron chi connectivity index (χ2n) is 5.18. The molecule has 25 heavy (non-hydrogen) atoms. The molecular formula is C16H12BrFN2O4S. The van der Waals surface area contributed by atoms with Gasteiger partial charge in [-0.1, -0.05) is 39.3 Å². The molecular weight excluding hydrogens is 415 g/mol. The molecule has 2 aromatic carbocycles. The van der Waals surface area contributed by atoms with Crippen molar-refractivity contribution in [1.29, 1.82) is 0 Å². The molecule has 0 saturated carbocycles.